The first-order valence-corrected chi connectivity index (χ1v) is 7.75. The summed E-state index contributed by atoms with van der Waals surface area (Å²) in [5.41, 5.74) is 0.0718. The zero-order valence-corrected chi connectivity index (χ0v) is 9.89. The van der Waals surface area contributed by atoms with Gasteiger partial charge in [-0.3, -0.25) is 4.72 Å². The summed E-state index contributed by atoms with van der Waals surface area (Å²) in [6.45, 7) is 0. The van der Waals surface area contributed by atoms with E-state index in [1.54, 1.807) is 6.07 Å². The maximum absolute atomic E-state index is 11.3. The molecule has 0 aliphatic carbocycles. The molecule has 0 amide bonds. The van der Waals surface area contributed by atoms with Crippen LogP contribution in [0.15, 0.2) is 29.2 Å². The number of hydrogen-bond acceptors (Lipinski definition) is 4. The van der Waals surface area contributed by atoms with E-state index in [9.17, 15) is 16.8 Å². The van der Waals surface area contributed by atoms with Crippen molar-refractivity contribution in [3.05, 3.63) is 24.3 Å². The molecule has 0 aliphatic rings. The quantitative estimate of drug-likeness (QED) is 0.844. The van der Waals surface area contributed by atoms with Crippen molar-refractivity contribution >= 4 is 25.5 Å². The Hall–Kier alpha value is -1.08. The first-order valence-electron chi connectivity index (χ1n) is 3.97. The van der Waals surface area contributed by atoms with Gasteiger partial charge in [0.05, 0.1) is 16.8 Å². The molecular formula is C8H11NO4S2. The van der Waals surface area contributed by atoms with Crippen LogP contribution in [0.1, 0.15) is 0 Å². The molecule has 0 bridgehead atoms. The largest absolute Gasteiger partial charge is 0.282 e. The fourth-order valence-corrected chi connectivity index (χ4v) is 2.56. The molecule has 1 aromatic carbocycles. The van der Waals surface area contributed by atoms with E-state index in [1.165, 1.54) is 18.2 Å². The molecule has 0 atom stereocenters. The van der Waals surface area contributed by atoms with Gasteiger partial charge in [-0.15, -0.1) is 0 Å². The van der Waals surface area contributed by atoms with Crippen LogP contribution in [-0.4, -0.2) is 29.3 Å². The summed E-state index contributed by atoms with van der Waals surface area (Å²) < 4.78 is 46.7. The van der Waals surface area contributed by atoms with Gasteiger partial charge in [-0.25, -0.2) is 16.8 Å². The molecule has 5 nitrogen and oxygen atoms in total. The number of rotatable bonds is 3. The first-order chi connectivity index (χ1) is 6.70. The number of nitrogens with one attached hydrogen (secondary N) is 1. The van der Waals surface area contributed by atoms with Crippen LogP contribution in [-0.2, 0) is 19.9 Å². The summed E-state index contributed by atoms with van der Waals surface area (Å²) in [5, 5.41) is 0. The van der Waals surface area contributed by atoms with Crippen LogP contribution < -0.4 is 4.72 Å². The van der Waals surface area contributed by atoms with E-state index in [-0.39, 0.29) is 10.6 Å². The molecule has 0 saturated carbocycles. The molecule has 0 fully saturated rings. The van der Waals surface area contributed by atoms with Gasteiger partial charge in [0.15, 0.2) is 9.84 Å². The average Bonchev–Trinajstić information content (AvgIpc) is 1.99. The second kappa shape index (κ2) is 3.82. The molecule has 0 radical (unpaired) electrons. The average molecular weight is 249 g/mol. The maximum Gasteiger partial charge on any atom is 0.229 e. The number of sulfone groups is 1. The summed E-state index contributed by atoms with van der Waals surface area (Å²) in [6, 6.07) is 5.84. The minimum atomic E-state index is -3.47. The fourth-order valence-electron chi connectivity index (χ4n) is 1.07. The van der Waals surface area contributed by atoms with Gasteiger partial charge in [0.1, 0.15) is 0 Å². The third-order valence-corrected chi connectivity index (χ3v) is 3.33. The first kappa shape index (κ1) is 12.0. The number of sulfonamides is 1. The van der Waals surface area contributed by atoms with E-state index < -0.39 is 19.9 Å². The Balaban J connectivity index is 3.32. The van der Waals surface area contributed by atoms with E-state index in [1.807, 2.05) is 0 Å². The minimum Gasteiger partial charge on any atom is -0.282 e. The molecule has 0 saturated heterocycles. The van der Waals surface area contributed by atoms with E-state index in [0.717, 1.165) is 12.5 Å². The normalized spacial score (nSPS) is 12.4. The Morgan fingerprint density at radius 3 is 2.00 bits per heavy atom. The van der Waals surface area contributed by atoms with Crippen molar-refractivity contribution < 1.29 is 16.8 Å². The van der Waals surface area contributed by atoms with Crippen LogP contribution in [0.3, 0.4) is 0 Å². The standard InChI is InChI=1S/C8H11NO4S2/c1-14(10,11)8-6-4-3-5-7(8)9-15(2,12)13/h3-6,9H,1-2H3. The molecule has 0 heterocycles. The molecule has 0 aromatic heterocycles. The van der Waals surface area contributed by atoms with Crippen molar-refractivity contribution in [3.63, 3.8) is 0 Å². The van der Waals surface area contributed by atoms with Gasteiger partial charge in [0, 0.05) is 6.26 Å². The lowest BCUT2D eigenvalue weighted by Gasteiger charge is -2.08. The van der Waals surface area contributed by atoms with E-state index >= 15 is 0 Å². The third-order valence-electron chi connectivity index (χ3n) is 1.58. The van der Waals surface area contributed by atoms with Gasteiger partial charge < -0.3 is 0 Å². The molecule has 0 unspecified atom stereocenters. The predicted octanol–water partition coefficient (Wildman–Crippen LogP) is 0.462. The lowest BCUT2D eigenvalue weighted by atomic mass is 10.3. The maximum atomic E-state index is 11.3. The molecule has 1 aromatic rings. The highest BCUT2D eigenvalue weighted by Gasteiger charge is 2.14. The lowest BCUT2D eigenvalue weighted by Crippen LogP contribution is -2.12. The second-order valence-electron chi connectivity index (χ2n) is 3.14. The molecule has 1 rings (SSSR count). The SMILES string of the molecule is CS(=O)(=O)Nc1ccccc1S(C)(=O)=O. The van der Waals surface area contributed by atoms with Gasteiger partial charge in [-0.1, -0.05) is 12.1 Å². The van der Waals surface area contributed by atoms with E-state index in [2.05, 4.69) is 4.72 Å². The van der Waals surface area contributed by atoms with Crippen LogP contribution in [0.5, 0.6) is 0 Å². The molecular weight excluding hydrogens is 238 g/mol. The van der Waals surface area contributed by atoms with Crippen LogP contribution in [0.4, 0.5) is 5.69 Å². The Bertz CT molecular complexity index is 560. The molecule has 15 heavy (non-hydrogen) atoms. The van der Waals surface area contributed by atoms with Crippen LogP contribution in [0.2, 0.25) is 0 Å². The highest BCUT2D eigenvalue weighted by Crippen LogP contribution is 2.21. The van der Waals surface area contributed by atoms with Gasteiger partial charge >= 0.3 is 0 Å². The highest BCUT2D eigenvalue weighted by molar-refractivity contribution is 7.92. The zero-order valence-electron chi connectivity index (χ0n) is 8.26. The van der Waals surface area contributed by atoms with Crippen molar-refractivity contribution in [2.45, 2.75) is 4.90 Å². The van der Waals surface area contributed by atoms with E-state index in [4.69, 9.17) is 0 Å². The second-order valence-corrected chi connectivity index (χ2v) is 6.88. The summed E-state index contributed by atoms with van der Waals surface area (Å²) in [6.07, 6.45) is 1.99. The molecule has 84 valence electrons. The Labute approximate surface area is 89.1 Å². The zero-order chi connectivity index (χ0) is 11.7. The highest BCUT2D eigenvalue weighted by atomic mass is 32.2. The van der Waals surface area contributed by atoms with Crippen molar-refractivity contribution in [1.82, 2.24) is 0 Å². The van der Waals surface area contributed by atoms with Crippen LogP contribution >= 0.6 is 0 Å². The minimum absolute atomic E-state index is 0.0320. The molecule has 0 spiro atoms. The molecule has 1 N–H and O–H groups in total. The number of para-hydroxylation sites is 1. The molecule has 0 aliphatic heterocycles. The Kier molecular flexibility index (Phi) is 3.05. The summed E-state index contributed by atoms with van der Waals surface area (Å²) >= 11 is 0. The number of benzene rings is 1. The van der Waals surface area contributed by atoms with Crippen LogP contribution in [0, 0.1) is 0 Å². The van der Waals surface area contributed by atoms with Gasteiger partial charge in [0.25, 0.3) is 0 Å². The van der Waals surface area contributed by atoms with Crippen molar-refractivity contribution in [3.8, 4) is 0 Å². The fraction of sp³-hybridized carbons (Fsp3) is 0.250. The summed E-state index contributed by atoms with van der Waals surface area (Å²) in [4.78, 5) is -0.0320. The van der Waals surface area contributed by atoms with Gasteiger partial charge in [-0.05, 0) is 12.1 Å². The summed E-state index contributed by atoms with van der Waals surface area (Å²) in [5.74, 6) is 0. The number of anilines is 1. The van der Waals surface area contributed by atoms with Crippen molar-refractivity contribution in [2.24, 2.45) is 0 Å². The summed E-state index contributed by atoms with van der Waals surface area (Å²) in [7, 11) is -6.91. The number of hydrogen-bond donors (Lipinski definition) is 1. The Morgan fingerprint density at radius 1 is 1.00 bits per heavy atom. The van der Waals surface area contributed by atoms with Crippen LogP contribution in [0.25, 0.3) is 0 Å². The van der Waals surface area contributed by atoms with E-state index in [0.29, 0.717) is 0 Å². The predicted molar refractivity (Wildman–Crippen MR) is 58.0 cm³/mol. The lowest BCUT2D eigenvalue weighted by molar-refractivity contribution is 0.602. The Morgan fingerprint density at radius 2 is 1.53 bits per heavy atom. The van der Waals surface area contributed by atoms with Crippen molar-refractivity contribution in [2.75, 3.05) is 17.2 Å². The van der Waals surface area contributed by atoms with Crippen molar-refractivity contribution in [1.29, 1.82) is 0 Å². The smallest absolute Gasteiger partial charge is 0.229 e. The van der Waals surface area contributed by atoms with Gasteiger partial charge in [0.2, 0.25) is 10.0 Å². The third kappa shape index (κ3) is 3.52. The van der Waals surface area contributed by atoms with Gasteiger partial charge in [-0.2, -0.15) is 0 Å². The topological polar surface area (TPSA) is 80.3 Å². The monoisotopic (exact) mass is 249 g/mol. The molecule has 7 heteroatoms.